The fraction of sp³-hybridized carbons (Fsp3) is 0.190. The Morgan fingerprint density at radius 1 is 1.00 bits per heavy atom. The molecule has 0 fully saturated rings. The highest BCUT2D eigenvalue weighted by Crippen LogP contribution is 2.21. The van der Waals surface area contributed by atoms with Gasteiger partial charge >= 0.3 is 0 Å². The van der Waals surface area contributed by atoms with Gasteiger partial charge in [0.1, 0.15) is 23.2 Å². The number of amides is 1. The number of carbonyl (C=O) groups is 1. The molecule has 7 nitrogen and oxygen atoms in total. The minimum Gasteiger partial charge on any atom is -0.497 e. The Labute approximate surface area is 164 Å². The van der Waals surface area contributed by atoms with Crippen molar-refractivity contribution in [2.45, 2.75) is 20.4 Å². The molecule has 0 spiro atoms. The lowest BCUT2D eigenvalue weighted by Crippen LogP contribution is -2.06. The van der Waals surface area contributed by atoms with E-state index in [1.54, 1.807) is 7.11 Å². The molecule has 1 heterocycles. The van der Waals surface area contributed by atoms with E-state index in [2.05, 4.69) is 25.9 Å². The molecule has 0 bridgehead atoms. The number of hydrogen-bond acceptors (Lipinski definition) is 6. The molecule has 2 aromatic carbocycles. The number of benzene rings is 2. The molecule has 0 aliphatic rings. The summed E-state index contributed by atoms with van der Waals surface area (Å²) in [5.74, 6) is 2.77. The van der Waals surface area contributed by atoms with Crippen LogP contribution >= 0.6 is 0 Å². The molecule has 0 radical (unpaired) electrons. The van der Waals surface area contributed by atoms with Gasteiger partial charge in [0.25, 0.3) is 0 Å². The smallest absolute Gasteiger partial charge is 0.221 e. The van der Waals surface area contributed by atoms with Crippen LogP contribution in [0.2, 0.25) is 0 Å². The summed E-state index contributed by atoms with van der Waals surface area (Å²) in [6.45, 7) is 3.96. The second kappa shape index (κ2) is 8.85. The summed E-state index contributed by atoms with van der Waals surface area (Å²) in [6.07, 6.45) is 0. The van der Waals surface area contributed by atoms with E-state index < -0.39 is 0 Å². The van der Waals surface area contributed by atoms with Crippen molar-refractivity contribution >= 4 is 28.9 Å². The molecule has 0 aliphatic carbocycles. The molecular formula is C21H23N5O2. The largest absolute Gasteiger partial charge is 0.497 e. The Kier molecular flexibility index (Phi) is 6.06. The van der Waals surface area contributed by atoms with Gasteiger partial charge in [-0.1, -0.05) is 18.2 Å². The molecule has 0 saturated carbocycles. The van der Waals surface area contributed by atoms with Crippen molar-refractivity contribution in [1.29, 1.82) is 0 Å². The maximum atomic E-state index is 11.2. The van der Waals surface area contributed by atoms with Crippen LogP contribution in [0, 0.1) is 6.92 Å². The first kappa shape index (κ1) is 19.2. The summed E-state index contributed by atoms with van der Waals surface area (Å²) in [7, 11) is 1.65. The van der Waals surface area contributed by atoms with Crippen LogP contribution in [0.15, 0.2) is 54.6 Å². The minimum absolute atomic E-state index is 0.111. The van der Waals surface area contributed by atoms with Crippen LogP contribution in [0.5, 0.6) is 5.75 Å². The Morgan fingerprint density at radius 3 is 2.43 bits per heavy atom. The van der Waals surface area contributed by atoms with Crippen LogP contribution in [-0.2, 0) is 11.3 Å². The molecule has 0 aliphatic heterocycles. The van der Waals surface area contributed by atoms with E-state index in [4.69, 9.17) is 4.74 Å². The summed E-state index contributed by atoms with van der Waals surface area (Å²) >= 11 is 0. The third-order valence-corrected chi connectivity index (χ3v) is 3.93. The van der Waals surface area contributed by atoms with Gasteiger partial charge in [-0.15, -0.1) is 0 Å². The Hall–Kier alpha value is -3.61. The van der Waals surface area contributed by atoms with Crippen LogP contribution < -0.4 is 20.7 Å². The number of aromatic nitrogens is 2. The van der Waals surface area contributed by atoms with Gasteiger partial charge in [-0.2, -0.15) is 0 Å². The van der Waals surface area contributed by atoms with E-state index >= 15 is 0 Å². The Balaban J connectivity index is 1.69. The van der Waals surface area contributed by atoms with Crippen molar-refractivity contribution in [3.05, 3.63) is 66.0 Å². The highest BCUT2D eigenvalue weighted by atomic mass is 16.5. The fourth-order valence-corrected chi connectivity index (χ4v) is 2.68. The minimum atomic E-state index is -0.111. The van der Waals surface area contributed by atoms with Crippen molar-refractivity contribution in [3.8, 4) is 5.75 Å². The van der Waals surface area contributed by atoms with E-state index in [1.165, 1.54) is 6.92 Å². The zero-order valence-electron chi connectivity index (χ0n) is 16.1. The van der Waals surface area contributed by atoms with Crippen molar-refractivity contribution in [2.75, 3.05) is 23.1 Å². The van der Waals surface area contributed by atoms with Gasteiger partial charge < -0.3 is 20.7 Å². The predicted molar refractivity (Wildman–Crippen MR) is 111 cm³/mol. The number of ether oxygens (including phenoxy) is 1. The number of hydrogen-bond donors (Lipinski definition) is 3. The lowest BCUT2D eigenvalue weighted by Gasteiger charge is -2.11. The highest BCUT2D eigenvalue weighted by Gasteiger charge is 2.04. The number of anilines is 4. The van der Waals surface area contributed by atoms with E-state index in [9.17, 15) is 4.79 Å². The first-order chi connectivity index (χ1) is 13.5. The molecule has 3 N–H and O–H groups in total. The second-order valence-corrected chi connectivity index (χ2v) is 6.27. The third-order valence-electron chi connectivity index (χ3n) is 3.93. The summed E-state index contributed by atoms with van der Waals surface area (Å²) < 4.78 is 5.18. The van der Waals surface area contributed by atoms with Crippen molar-refractivity contribution in [1.82, 2.24) is 9.97 Å². The van der Waals surface area contributed by atoms with Crippen LogP contribution in [0.4, 0.5) is 23.0 Å². The van der Waals surface area contributed by atoms with Crippen molar-refractivity contribution in [2.24, 2.45) is 0 Å². The molecule has 144 valence electrons. The number of aryl methyl sites for hydroxylation is 1. The molecule has 1 aromatic heterocycles. The van der Waals surface area contributed by atoms with E-state index in [-0.39, 0.29) is 5.91 Å². The lowest BCUT2D eigenvalue weighted by molar-refractivity contribution is -0.114. The van der Waals surface area contributed by atoms with Gasteiger partial charge in [-0.25, -0.2) is 9.97 Å². The van der Waals surface area contributed by atoms with E-state index in [1.807, 2.05) is 61.5 Å². The van der Waals surface area contributed by atoms with Gasteiger partial charge in [0.15, 0.2) is 0 Å². The second-order valence-electron chi connectivity index (χ2n) is 6.27. The maximum Gasteiger partial charge on any atom is 0.221 e. The van der Waals surface area contributed by atoms with Gasteiger partial charge in [-0.05, 0) is 42.8 Å². The van der Waals surface area contributed by atoms with Gasteiger partial charge in [-0.3, -0.25) is 4.79 Å². The zero-order chi connectivity index (χ0) is 19.9. The number of nitrogens with one attached hydrogen (secondary N) is 3. The molecule has 0 unspecified atom stereocenters. The highest BCUT2D eigenvalue weighted by molar-refractivity contribution is 5.89. The van der Waals surface area contributed by atoms with Gasteiger partial charge in [0.2, 0.25) is 5.91 Å². The number of carbonyl (C=O) groups excluding carboxylic acids is 1. The summed E-state index contributed by atoms with van der Waals surface area (Å²) in [5.41, 5.74) is 2.67. The molecule has 7 heteroatoms. The van der Waals surface area contributed by atoms with Crippen LogP contribution in [-0.4, -0.2) is 23.0 Å². The van der Waals surface area contributed by atoms with Gasteiger partial charge in [0.05, 0.1) is 7.11 Å². The van der Waals surface area contributed by atoms with Crippen LogP contribution in [0.3, 0.4) is 0 Å². The Bertz CT molecular complexity index is 957. The molecular weight excluding hydrogens is 354 g/mol. The van der Waals surface area contributed by atoms with Gasteiger partial charge in [0, 0.05) is 30.9 Å². The molecule has 28 heavy (non-hydrogen) atoms. The van der Waals surface area contributed by atoms with Crippen molar-refractivity contribution < 1.29 is 9.53 Å². The molecule has 0 saturated heterocycles. The first-order valence-electron chi connectivity index (χ1n) is 8.89. The number of methoxy groups -OCH3 is 1. The maximum absolute atomic E-state index is 11.2. The summed E-state index contributed by atoms with van der Waals surface area (Å²) in [6, 6.07) is 17.2. The van der Waals surface area contributed by atoms with E-state index in [0.717, 1.165) is 28.5 Å². The predicted octanol–water partition coefficient (Wildman–Crippen LogP) is 4.11. The van der Waals surface area contributed by atoms with E-state index in [0.29, 0.717) is 18.2 Å². The summed E-state index contributed by atoms with van der Waals surface area (Å²) in [5, 5.41) is 9.33. The standard InChI is InChI=1S/C21H23N5O2/c1-14-23-20(22-13-16-7-9-19(28-3)10-8-16)12-21(24-14)26-18-6-4-5-17(11-18)25-15(2)27/h4-12H,13H2,1-3H3,(H,25,27)(H2,22,23,24,26). The molecule has 1 amide bonds. The van der Waals surface area contributed by atoms with Crippen molar-refractivity contribution in [3.63, 3.8) is 0 Å². The average Bonchev–Trinajstić information content (AvgIpc) is 2.66. The van der Waals surface area contributed by atoms with Crippen LogP contribution in [0.1, 0.15) is 18.3 Å². The average molecular weight is 377 g/mol. The molecule has 3 rings (SSSR count). The van der Waals surface area contributed by atoms with Crippen LogP contribution in [0.25, 0.3) is 0 Å². The third kappa shape index (κ3) is 5.44. The fourth-order valence-electron chi connectivity index (χ4n) is 2.68. The molecule has 3 aromatic rings. The zero-order valence-corrected chi connectivity index (χ0v) is 16.1. The number of nitrogens with zero attached hydrogens (tertiary/aromatic N) is 2. The normalized spacial score (nSPS) is 10.2. The molecule has 0 atom stereocenters. The summed E-state index contributed by atoms with van der Waals surface area (Å²) in [4.78, 5) is 20.1. The first-order valence-corrected chi connectivity index (χ1v) is 8.89. The SMILES string of the molecule is COc1ccc(CNc2cc(Nc3cccc(NC(C)=O)c3)nc(C)n2)cc1. The monoisotopic (exact) mass is 377 g/mol. The topological polar surface area (TPSA) is 88.2 Å². The number of rotatable bonds is 7. The quantitative estimate of drug-likeness (QED) is 0.574. The Morgan fingerprint density at radius 2 is 1.71 bits per heavy atom. The lowest BCUT2D eigenvalue weighted by atomic mass is 10.2.